The van der Waals surface area contributed by atoms with Crippen molar-refractivity contribution in [1.82, 2.24) is 19.8 Å². The Morgan fingerprint density at radius 1 is 1.12 bits per heavy atom. The van der Waals surface area contributed by atoms with Crippen molar-refractivity contribution in [2.45, 2.75) is 43.1 Å². The smallest absolute Gasteiger partial charge is 0.411 e. The first kappa shape index (κ1) is 22.5. The van der Waals surface area contributed by atoms with E-state index in [9.17, 15) is 9.59 Å². The van der Waals surface area contributed by atoms with Crippen LogP contribution in [0.3, 0.4) is 0 Å². The fourth-order valence-electron chi connectivity index (χ4n) is 4.63. The Morgan fingerprint density at radius 3 is 2.65 bits per heavy atom. The number of thioether (sulfide) groups is 1. The number of likely N-dealkylation sites (tertiary alicyclic amines) is 1. The van der Waals surface area contributed by atoms with Crippen LogP contribution < -0.4 is 0 Å². The van der Waals surface area contributed by atoms with Crippen molar-refractivity contribution in [3.8, 4) is 11.5 Å². The van der Waals surface area contributed by atoms with Crippen molar-refractivity contribution in [2.24, 2.45) is 0 Å². The molecule has 2 aromatic heterocycles. The summed E-state index contributed by atoms with van der Waals surface area (Å²) in [5.74, 6) is 0.987. The molecule has 1 aromatic carbocycles. The van der Waals surface area contributed by atoms with Crippen LogP contribution in [0.15, 0.2) is 70.6 Å². The van der Waals surface area contributed by atoms with Gasteiger partial charge in [0, 0.05) is 25.3 Å². The largest absolute Gasteiger partial charge is 0.463 e. The van der Waals surface area contributed by atoms with Crippen molar-refractivity contribution in [3.63, 3.8) is 0 Å². The first-order valence-corrected chi connectivity index (χ1v) is 12.4. The Kier molecular flexibility index (Phi) is 6.53. The number of hydrogen-bond donors (Lipinski definition) is 0. The zero-order chi connectivity index (χ0) is 23.5. The second-order valence-electron chi connectivity index (χ2n) is 8.47. The number of amides is 2. The van der Waals surface area contributed by atoms with Gasteiger partial charge in [-0.1, -0.05) is 42.1 Å². The monoisotopic (exact) mass is 478 g/mol. The summed E-state index contributed by atoms with van der Waals surface area (Å²) in [4.78, 5) is 37.9. The molecule has 0 aliphatic carbocycles. The molecular formula is C25H26N4O4S. The number of furan rings is 1. The zero-order valence-electron chi connectivity index (χ0n) is 18.9. The molecule has 0 saturated carbocycles. The maximum atomic E-state index is 12.8. The molecule has 2 aliphatic heterocycles. The Labute approximate surface area is 202 Å². The molecule has 2 atom stereocenters. The van der Waals surface area contributed by atoms with E-state index in [1.54, 1.807) is 18.5 Å². The van der Waals surface area contributed by atoms with Gasteiger partial charge in [0.05, 0.1) is 18.1 Å². The molecule has 2 saturated heterocycles. The molecule has 0 N–H and O–H groups in total. The number of carbonyl (C=O) groups excluding carboxylic acids is 2. The highest BCUT2D eigenvalue weighted by Crippen LogP contribution is 2.35. The number of benzene rings is 1. The van der Waals surface area contributed by atoms with Gasteiger partial charge in [0.2, 0.25) is 5.91 Å². The lowest BCUT2D eigenvalue weighted by Crippen LogP contribution is -2.49. The van der Waals surface area contributed by atoms with Crippen LogP contribution in [0.5, 0.6) is 0 Å². The van der Waals surface area contributed by atoms with Gasteiger partial charge in [-0.2, -0.15) is 0 Å². The number of carbonyl (C=O) groups is 2. The van der Waals surface area contributed by atoms with Gasteiger partial charge in [-0.05, 0) is 43.5 Å². The maximum absolute atomic E-state index is 12.8. The minimum absolute atomic E-state index is 0.0451. The van der Waals surface area contributed by atoms with Gasteiger partial charge in [-0.3, -0.25) is 9.69 Å². The van der Waals surface area contributed by atoms with E-state index < -0.39 is 0 Å². The SMILES string of the molecule is C[C@H]1[C@@H](c2ccccc2)OC(=O)N1C1CCN(C(=O)CSc2nccc(-c3ccco3)n2)CC1. The highest BCUT2D eigenvalue weighted by molar-refractivity contribution is 7.99. The summed E-state index contributed by atoms with van der Waals surface area (Å²) in [6.45, 7) is 3.27. The van der Waals surface area contributed by atoms with Gasteiger partial charge in [0.25, 0.3) is 0 Å². The van der Waals surface area contributed by atoms with E-state index in [-0.39, 0.29) is 35.9 Å². The molecule has 5 rings (SSSR count). The van der Waals surface area contributed by atoms with Gasteiger partial charge in [0.15, 0.2) is 10.9 Å². The normalized spacial score (nSPS) is 21.0. The molecule has 2 aliphatic rings. The molecule has 2 fully saturated rings. The van der Waals surface area contributed by atoms with Crippen LogP contribution in [-0.2, 0) is 9.53 Å². The van der Waals surface area contributed by atoms with E-state index in [4.69, 9.17) is 9.15 Å². The van der Waals surface area contributed by atoms with E-state index in [2.05, 4.69) is 9.97 Å². The Balaban J connectivity index is 1.14. The number of nitrogens with zero attached hydrogens (tertiary/aromatic N) is 4. The minimum Gasteiger partial charge on any atom is -0.463 e. The van der Waals surface area contributed by atoms with Crippen LogP contribution in [0.2, 0.25) is 0 Å². The number of hydrogen-bond acceptors (Lipinski definition) is 7. The standard InChI is InChI=1S/C25H26N4O4S/c1-17-23(18-6-3-2-4-7-18)33-25(31)29(17)19-10-13-28(14-11-19)22(30)16-34-24-26-12-9-20(27-24)21-8-5-15-32-21/h2-9,12,15,17,19,23H,10-11,13-14,16H2,1H3/t17-,23-/m0/s1. The van der Waals surface area contributed by atoms with Gasteiger partial charge < -0.3 is 14.1 Å². The van der Waals surface area contributed by atoms with E-state index in [0.717, 1.165) is 18.4 Å². The quantitative estimate of drug-likeness (QED) is 0.383. The summed E-state index contributed by atoms with van der Waals surface area (Å²) in [6, 6.07) is 15.3. The molecule has 3 aromatic rings. The average Bonchev–Trinajstić information content (AvgIpc) is 3.52. The molecule has 0 bridgehead atoms. The number of cyclic esters (lactones) is 1. The molecule has 0 spiro atoms. The zero-order valence-corrected chi connectivity index (χ0v) is 19.7. The summed E-state index contributed by atoms with van der Waals surface area (Å²) in [5.41, 5.74) is 1.70. The lowest BCUT2D eigenvalue weighted by atomic mass is 9.98. The Morgan fingerprint density at radius 2 is 1.91 bits per heavy atom. The van der Waals surface area contributed by atoms with Gasteiger partial charge in [-0.25, -0.2) is 14.8 Å². The van der Waals surface area contributed by atoms with Gasteiger partial charge in [0.1, 0.15) is 11.8 Å². The molecule has 34 heavy (non-hydrogen) atoms. The summed E-state index contributed by atoms with van der Waals surface area (Å²) in [6.07, 6.45) is 4.21. The first-order valence-electron chi connectivity index (χ1n) is 11.4. The summed E-state index contributed by atoms with van der Waals surface area (Å²) < 4.78 is 11.1. The van der Waals surface area contributed by atoms with Crippen LogP contribution in [0.25, 0.3) is 11.5 Å². The van der Waals surface area contributed by atoms with E-state index in [1.165, 1.54) is 11.8 Å². The Bertz CT molecular complexity index is 1130. The third-order valence-corrected chi connectivity index (χ3v) is 7.23. The lowest BCUT2D eigenvalue weighted by molar-refractivity contribution is -0.129. The van der Waals surface area contributed by atoms with Crippen molar-refractivity contribution in [2.75, 3.05) is 18.8 Å². The fraction of sp³-hybridized carbons (Fsp3) is 0.360. The van der Waals surface area contributed by atoms with Crippen LogP contribution in [0, 0.1) is 0 Å². The summed E-state index contributed by atoms with van der Waals surface area (Å²) >= 11 is 1.32. The van der Waals surface area contributed by atoms with E-state index in [0.29, 0.717) is 29.7 Å². The molecule has 176 valence electrons. The number of rotatable bonds is 6. The molecule has 0 unspecified atom stereocenters. The second-order valence-corrected chi connectivity index (χ2v) is 9.41. The summed E-state index contributed by atoms with van der Waals surface area (Å²) in [7, 11) is 0. The fourth-order valence-corrected chi connectivity index (χ4v) is 5.37. The molecule has 9 heteroatoms. The maximum Gasteiger partial charge on any atom is 0.411 e. The number of aromatic nitrogens is 2. The highest BCUT2D eigenvalue weighted by Gasteiger charge is 2.44. The predicted octanol–water partition coefficient (Wildman–Crippen LogP) is 4.40. The van der Waals surface area contributed by atoms with Gasteiger partial charge in [-0.15, -0.1) is 0 Å². The Hall–Kier alpha value is -3.33. The lowest BCUT2D eigenvalue weighted by Gasteiger charge is -2.37. The number of ether oxygens (including phenoxy) is 1. The molecule has 8 nitrogen and oxygen atoms in total. The minimum atomic E-state index is -0.268. The molecule has 0 radical (unpaired) electrons. The molecular weight excluding hydrogens is 452 g/mol. The second kappa shape index (κ2) is 9.89. The first-order chi connectivity index (χ1) is 16.6. The van der Waals surface area contributed by atoms with Crippen LogP contribution in [0.4, 0.5) is 4.79 Å². The van der Waals surface area contributed by atoms with Crippen molar-refractivity contribution >= 4 is 23.8 Å². The third kappa shape index (κ3) is 4.65. The van der Waals surface area contributed by atoms with Crippen molar-refractivity contribution in [3.05, 3.63) is 66.6 Å². The van der Waals surface area contributed by atoms with Crippen LogP contribution in [0.1, 0.15) is 31.4 Å². The predicted molar refractivity (Wildman–Crippen MR) is 127 cm³/mol. The van der Waals surface area contributed by atoms with E-state index >= 15 is 0 Å². The van der Waals surface area contributed by atoms with Crippen LogP contribution in [-0.4, -0.2) is 62.7 Å². The van der Waals surface area contributed by atoms with Crippen molar-refractivity contribution in [1.29, 1.82) is 0 Å². The van der Waals surface area contributed by atoms with Crippen LogP contribution >= 0.6 is 11.8 Å². The van der Waals surface area contributed by atoms with Crippen molar-refractivity contribution < 1.29 is 18.7 Å². The highest BCUT2D eigenvalue weighted by atomic mass is 32.2. The molecule has 4 heterocycles. The average molecular weight is 479 g/mol. The van der Waals surface area contributed by atoms with E-state index in [1.807, 2.05) is 59.2 Å². The third-order valence-electron chi connectivity index (χ3n) is 6.39. The van der Waals surface area contributed by atoms with Gasteiger partial charge >= 0.3 is 6.09 Å². The topological polar surface area (TPSA) is 88.8 Å². The molecule has 2 amide bonds. The summed E-state index contributed by atoms with van der Waals surface area (Å²) in [5, 5.41) is 0.540. The number of piperidine rings is 1.